The van der Waals surface area contributed by atoms with E-state index in [0.717, 1.165) is 5.56 Å². The normalized spacial score (nSPS) is 19.0. The number of hydrogen-bond donors (Lipinski definition) is 2. The van der Waals surface area contributed by atoms with Gasteiger partial charge in [0.1, 0.15) is 17.2 Å². The van der Waals surface area contributed by atoms with Crippen LogP contribution >= 0.6 is 0 Å². The van der Waals surface area contributed by atoms with Gasteiger partial charge in [0.05, 0.1) is 13.7 Å². The van der Waals surface area contributed by atoms with Crippen molar-refractivity contribution in [3.8, 4) is 5.75 Å². The van der Waals surface area contributed by atoms with E-state index in [4.69, 9.17) is 9.47 Å². The highest BCUT2D eigenvalue weighted by molar-refractivity contribution is 5.94. The summed E-state index contributed by atoms with van der Waals surface area (Å²) < 4.78 is 10.4. The zero-order chi connectivity index (χ0) is 19.4. The first-order valence-electron chi connectivity index (χ1n) is 8.92. The number of methoxy groups -OCH3 is 1. The topological polar surface area (TPSA) is 84.9 Å². The van der Waals surface area contributed by atoms with Crippen LogP contribution in [0.15, 0.2) is 48.5 Å². The Bertz CT molecular complexity index is 833. The number of rotatable bonds is 7. The quantitative estimate of drug-likeness (QED) is 0.730. The van der Waals surface area contributed by atoms with E-state index in [-0.39, 0.29) is 6.61 Å². The van der Waals surface area contributed by atoms with Gasteiger partial charge in [-0.2, -0.15) is 0 Å². The molecule has 0 saturated carbocycles. The fourth-order valence-electron chi connectivity index (χ4n) is 3.75. The molecular weight excluding hydrogens is 346 g/mol. The van der Waals surface area contributed by atoms with Crippen molar-refractivity contribution in [2.24, 2.45) is 0 Å². The largest absolute Gasteiger partial charge is 0.497 e. The number of fused-ring (bicyclic) bond motifs is 1. The number of hydrogen-bond acceptors (Lipinski definition) is 5. The van der Waals surface area contributed by atoms with Crippen LogP contribution in [0.3, 0.4) is 0 Å². The van der Waals surface area contributed by atoms with Gasteiger partial charge in [0, 0.05) is 5.69 Å². The third kappa shape index (κ3) is 3.35. The molecule has 3 rings (SSSR count). The Balaban J connectivity index is 2.05. The highest BCUT2D eigenvalue weighted by atomic mass is 16.5. The first kappa shape index (κ1) is 18.8. The molecule has 0 aliphatic heterocycles. The molecule has 2 aromatic carbocycles. The molecule has 1 aliphatic rings. The number of carbonyl (C=O) groups excluding carboxylic acids is 1. The molecule has 2 atom stereocenters. The number of esters is 1. The molecule has 0 aromatic heterocycles. The zero-order valence-corrected chi connectivity index (χ0v) is 15.4. The number of carbonyl (C=O) groups is 2. The molecule has 2 aromatic rings. The van der Waals surface area contributed by atoms with Crippen LogP contribution in [-0.4, -0.2) is 36.8 Å². The predicted molar refractivity (Wildman–Crippen MR) is 101 cm³/mol. The lowest BCUT2D eigenvalue weighted by molar-refractivity contribution is -0.154. The summed E-state index contributed by atoms with van der Waals surface area (Å²) in [5.74, 6) is -0.939. The zero-order valence-electron chi connectivity index (χ0n) is 15.4. The molecule has 142 valence electrons. The Morgan fingerprint density at radius 2 is 1.89 bits per heavy atom. The summed E-state index contributed by atoms with van der Waals surface area (Å²) in [5.41, 5.74) is 0.851. The van der Waals surface area contributed by atoms with Gasteiger partial charge in [-0.1, -0.05) is 24.3 Å². The summed E-state index contributed by atoms with van der Waals surface area (Å²) in [4.78, 5) is 25.3. The van der Waals surface area contributed by atoms with Crippen molar-refractivity contribution in [1.82, 2.24) is 0 Å². The summed E-state index contributed by atoms with van der Waals surface area (Å²) in [6.07, 6.45) is 0.928. The van der Waals surface area contributed by atoms with E-state index in [1.165, 1.54) is 0 Å². The average molecular weight is 369 g/mol. The molecule has 1 aliphatic carbocycles. The Morgan fingerprint density at radius 3 is 2.52 bits per heavy atom. The second-order valence-electron chi connectivity index (χ2n) is 6.49. The van der Waals surface area contributed by atoms with Crippen molar-refractivity contribution < 1.29 is 24.2 Å². The van der Waals surface area contributed by atoms with Crippen LogP contribution in [0.5, 0.6) is 5.75 Å². The molecule has 27 heavy (non-hydrogen) atoms. The first-order chi connectivity index (χ1) is 13.0. The highest BCUT2D eigenvalue weighted by Crippen LogP contribution is 2.43. The number of nitrogens with one attached hydrogen (secondary N) is 1. The van der Waals surface area contributed by atoms with Crippen LogP contribution in [0.2, 0.25) is 0 Å². The summed E-state index contributed by atoms with van der Waals surface area (Å²) in [7, 11) is 1.57. The predicted octanol–water partition coefficient (Wildman–Crippen LogP) is 3.01. The Hall–Kier alpha value is -3.02. The fourth-order valence-corrected chi connectivity index (χ4v) is 3.75. The van der Waals surface area contributed by atoms with E-state index in [2.05, 4.69) is 5.32 Å². The van der Waals surface area contributed by atoms with E-state index in [1.54, 1.807) is 50.4 Å². The van der Waals surface area contributed by atoms with Gasteiger partial charge in [0.15, 0.2) is 0 Å². The van der Waals surface area contributed by atoms with Gasteiger partial charge in [0.25, 0.3) is 0 Å². The van der Waals surface area contributed by atoms with Crippen LogP contribution < -0.4 is 10.1 Å². The van der Waals surface area contributed by atoms with Gasteiger partial charge in [-0.25, -0.2) is 4.79 Å². The maximum atomic E-state index is 12.8. The third-order valence-electron chi connectivity index (χ3n) is 5.08. The molecule has 6 nitrogen and oxygen atoms in total. The number of ether oxygens (including phenoxy) is 2. The third-order valence-corrected chi connectivity index (χ3v) is 5.08. The van der Waals surface area contributed by atoms with Crippen LogP contribution in [0.4, 0.5) is 5.69 Å². The maximum absolute atomic E-state index is 12.8. The monoisotopic (exact) mass is 369 g/mol. The van der Waals surface area contributed by atoms with Crippen molar-refractivity contribution in [2.45, 2.75) is 31.2 Å². The molecule has 0 spiro atoms. The average Bonchev–Trinajstić information content (AvgIpc) is 3.07. The minimum absolute atomic E-state index is 0.178. The molecular formula is C21H23NO5. The maximum Gasteiger partial charge on any atom is 0.330 e. The molecule has 0 amide bonds. The van der Waals surface area contributed by atoms with Crippen LogP contribution in [0.25, 0.3) is 0 Å². The number of carboxylic acid groups (broad SMARTS) is 1. The number of aryl methyl sites for hydroxylation is 1. The van der Waals surface area contributed by atoms with Crippen molar-refractivity contribution in [1.29, 1.82) is 0 Å². The molecule has 0 fully saturated rings. The van der Waals surface area contributed by atoms with Gasteiger partial charge >= 0.3 is 11.9 Å². The van der Waals surface area contributed by atoms with Gasteiger partial charge in [0.2, 0.25) is 0 Å². The summed E-state index contributed by atoms with van der Waals surface area (Å²) in [6, 6.07) is 13.3. The lowest BCUT2D eigenvalue weighted by Gasteiger charge is -2.34. The number of benzene rings is 2. The van der Waals surface area contributed by atoms with E-state index in [1.807, 2.05) is 12.1 Å². The summed E-state index contributed by atoms with van der Waals surface area (Å²) >= 11 is 0. The molecule has 0 saturated heterocycles. The Kier molecular flexibility index (Phi) is 5.35. The van der Waals surface area contributed by atoms with Crippen molar-refractivity contribution in [3.63, 3.8) is 0 Å². The van der Waals surface area contributed by atoms with Crippen LogP contribution in [-0.2, 0) is 26.2 Å². The van der Waals surface area contributed by atoms with E-state index in [0.29, 0.717) is 29.8 Å². The van der Waals surface area contributed by atoms with Gasteiger partial charge in [-0.05, 0) is 55.2 Å². The van der Waals surface area contributed by atoms with E-state index in [9.17, 15) is 14.7 Å². The minimum atomic E-state index is -1.39. The Labute approximate surface area is 158 Å². The molecule has 0 bridgehead atoms. The molecule has 2 N–H and O–H groups in total. The second kappa shape index (κ2) is 7.70. The summed E-state index contributed by atoms with van der Waals surface area (Å²) in [6.45, 7) is 1.88. The first-order valence-corrected chi connectivity index (χ1v) is 8.92. The summed E-state index contributed by atoms with van der Waals surface area (Å²) in [5, 5.41) is 13.3. The SMILES string of the molecule is CCOC(=O)[C@@H](Nc1ccc(OC)cc1)[C@]1(C(=O)O)CCc2ccccc21. The van der Waals surface area contributed by atoms with Crippen molar-refractivity contribution >= 4 is 17.6 Å². The molecule has 6 heteroatoms. The Morgan fingerprint density at radius 1 is 1.19 bits per heavy atom. The highest BCUT2D eigenvalue weighted by Gasteiger charge is 2.55. The van der Waals surface area contributed by atoms with Crippen LogP contribution in [0, 0.1) is 0 Å². The lowest BCUT2D eigenvalue weighted by atomic mass is 9.74. The number of anilines is 1. The van der Waals surface area contributed by atoms with E-state index < -0.39 is 23.4 Å². The second-order valence-corrected chi connectivity index (χ2v) is 6.49. The lowest BCUT2D eigenvalue weighted by Crippen LogP contribution is -2.54. The molecule has 0 radical (unpaired) electrons. The molecule has 0 unspecified atom stereocenters. The van der Waals surface area contributed by atoms with Gasteiger partial charge < -0.3 is 19.9 Å². The van der Waals surface area contributed by atoms with Crippen LogP contribution in [0.1, 0.15) is 24.5 Å². The van der Waals surface area contributed by atoms with Gasteiger partial charge in [-0.3, -0.25) is 4.79 Å². The van der Waals surface area contributed by atoms with Crippen molar-refractivity contribution in [3.05, 3.63) is 59.7 Å². The van der Waals surface area contributed by atoms with Gasteiger partial charge in [-0.15, -0.1) is 0 Å². The number of aliphatic carboxylic acids is 1. The van der Waals surface area contributed by atoms with E-state index >= 15 is 0 Å². The minimum Gasteiger partial charge on any atom is -0.497 e. The molecule has 0 heterocycles. The fraction of sp³-hybridized carbons (Fsp3) is 0.333. The smallest absolute Gasteiger partial charge is 0.330 e. The standard InChI is InChI=1S/C21H23NO5/c1-3-27-19(23)18(22-15-8-10-16(26-2)11-9-15)21(20(24)25)13-12-14-6-4-5-7-17(14)21/h4-11,18,22H,3,12-13H2,1-2H3,(H,24,25)/t18-,21+/m1/s1. The number of carboxylic acids is 1. The van der Waals surface area contributed by atoms with Crippen molar-refractivity contribution in [2.75, 3.05) is 19.0 Å².